The van der Waals surface area contributed by atoms with Crippen molar-refractivity contribution in [3.8, 4) is 6.07 Å². The monoisotopic (exact) mass is 280 g/mol. The lowest BCUT2D eigenvalue weighted by molar-refractivity contribution is 0.248. The number of likely N-dealkylation sites (N-methyl/N-ethyl adjacent to an activating group) is 1. The molecule has 0 aromatic carbocycles. The van der Waals surface area contributed by atoms with E-state index in [0.717, 1.165) is 31.8 Å². The Morgan fingerprint density at radius 1 is 1.40 bits per heavy atom. The summed E-state index contributed by atoms with van der Waals surface area (Å²) in [4.78, 5) is 4.88. The first-order chi connectivity index (χ1) is 9.27. The minimum atomic E-state index is -0.388. The fraction of sp³-hybridized carbons (Fsp3) is 0.938. The van der Waals surface area contributed by atoms with Crippen molar-refractivity contribution in [1.29, 1.82) is 5.26 Å². The van der Waals surface area contributed by atoms with E-state index in [9.17, 15) is 5.26 Å². The third-order valence-corrected chi connectivity index (χ3v) is 4.32. The van der Waals surface area contributed by atoms with Crippen molar-refractivity contribution in [3.05, 3.63) is 0 Å². The Hall–Kier alpha value is -0.630. The Labute approximate surface area is 125 Å². The van der Waals surface area contributed by atoms with Crippen LogP contribution in [0.3, 0.4) is 0 Å². The fourth-order valence-electron chi connectivity index (χ4n) is 3.36. The molecule has 4 nitrogen and oxygen atoms in total. The van der Waals surface area contributed by atoms with E-state index in [1.165, 1.54) is 6.54 Å². The summed E-state index contributed by atoms with van der Waals surface area (Å²) in [7, 11) is 4.34. The number of hydrogen-bond donors (Lipinski definition) is 1. The van der Waals surface area contributed by atoms with Crippen molar-refractivity contribution in [2.45, 2.75) is 58.2 Å². The van der Waals surface area contributed by atoms with Crippen LogP contribution >= 0.6 is 0 Å². The molecule has 1 fully saturated rings. The van der Waals surface area contributed by atoms with Gasteiger partial charge in [-0.05, 0) is 60.2 Å². The molecule has 0 amide bonds. The van der Waals surface area contributed by atoms with E-state index < -0.39 is 0 Å². The van der Waals surface area contributed by atoms with Crippen LogP contribution in [0.15, 0.2) is 0 Å². The SMILES string of the molecule is CC(C)NC(C)(C#N)CCCN1CC(C)C(N(C)C)C1. The van der Waals surface area contributed by atoms with Gasteiger partial charge in [0.1, 0.15) is 5.54 Å². The second kappa shape index (κ2) is 7.40. The van der Waals surface area contributed by atoms with E-state index in [-0.39, 0.29) is 5.54 Å². The minimum Gasteiger partial charge on any atom is -0.305 e. The molecular weight excluding hydrogens is 248 g/mol. The van der Waals surface area contributed by atoms with E-state index in [4.69, 9.17) is 0 Å². The zero-order valence-corrected chi connectivity index (χ0v) is 14.1. The van der Waals surface area contributed by atoms with Crippen molar-refractivity contribution < 1.29 is 0 Å². The summed E-state index contributed by atoms with van der Waals surface area (Å²) >= 11 is 0. The molecule has 0 saturated carbocycles. The van der Waals surface area contributed by atoms with Gasteiger partial charge >= 0.3 is 0 Å². The fourth-order valence-corrected chi connectivity index (χ4v) is 3.36. The number of likely N-dealkylation sites (tertiary alicyclic amines) is 1. The highest BCUT2D eigenvalue weighted by atomic mass is 15.2. The molecule has 0 aromatic rings. The first-order valence-electron chi connectivity index (χ1n) is 7.85. The molecule has 0 spiro atoms. The predicted octanol–water partition coefficient (Wildman–Crippen LogP) is 1.93. The highest BCUT2D eigenvalue weighted by Gasteiger charge is 2.31. The Kier molecular flexibility index (Phi) is 6.44. The van der Waals surface area contributed by atoms with Crippen molar-refractivity contribution in [2.75, 3.05) is 33.7 Å². The maximum Gasteiger partial charge on any atom is 0.104 e. The van der Waals surface area contributed by atoms with Gasteiger partial charge in [-0.2, -0.15) is 5.26 Å². The van der Waals surface area contributed by atoms with Crippen LogP contribution in [0.4, 0.5) is 0 Å². The zero-order chi connectivity index (χ0) is 15.3. The molecule has 0 radical (unpaired) electrons. The van der Waals surface area contributed by atoms with Crippen LogP contribution in [-0.4, -0.2) is 61.2 Å². The number of rotatable bonds is 7. The molecule has 1 rings (SSSR count). The molecule has 3 unspecified atom stereocenters. The van der Waals surface area contributed by atoms with E-state index in [1.807, 2.05) is 6.92 Å². The van der Waals surface area contributed by atoms with Gasteiger partial charge in [0.05, 0.1) is 6.07 Å². The molecule has 1 heterocycles. The summed E-state index contributed by atoms with van der Waals surface area (Å²) in [6.07, 6.45) is 2.00. The van der Waals surface area contributed by atoms with E-state index >= 15 is 0 Å². The normalized spacial score (nSPS) is 26.9. The summed E-state index contributed by atoms with van der Waals surface area (Å²) < 4.78 is 0. The lowest BCUT2D eigenvalue weighted by Gasteiger charge is -2.27. The van der Waals surface area contributed by atoms with Crippen LogP contribution in [-0.2, 0) is 0 Å². The largest absolute Gasteiger partial charge is 0.305 e. The minimum absolute atomic E-state index is 0.351. The highest BCUT2D eigenvalue weighted by molar-refractivity contribution is 5.04. The van der Waals surface area contributed by atoms with Crippen molar-refractivity contribution in [3.63, 3.8) is 0 Å². The summed E-state index contributed by atoms with van der Waals surface area (Å²) in [6.45, 7) is 12.0. The molecule has 0 bridgehead atoms. The second-order valence-electron chi connectivity index (χ2n) is 7.11. The van der Waals surface area contributed by atoms with Crippen LogP contribution in [0.25, 0.3) is 0 Å². The van der Waals surface area contributed by atoms with Crippen LogP contribution in [0.2, 0.25) is 0 Å². The Morgan fingerprint density at radius 2 is 2.05 bits per heavy atom. The second-order valence-corrected chi connectivity index (χ2v) is 7.11. The number of nitrogens with zero attached hydrogens (tertiary/aromatic N) is 3. The summed E-state index contributed by atoms with van der Waals surface area (Å²) in [5, 5.41) is 12.7. The summed E-state index contributed by atoms with van der Waals surface area (Å²) in [5.41, 5.74) is -0.388. The molecule has 0 aliphatic carbocycles. The van der Waals surface area contributed by atoms with Crippen molar-refractivity contribution in [1.82, 2.24) is 15.1 Å². The molecule has 3 atom stereocenters. The number of hydrogen-bond acceptors (Lipinski definition) is 4. The van der Waals surface area contributed by atoms with Crippen LogP contribution in [0, 0.1) is 17.2 Å². The Balaban J connectivity index is 2.36. The smallest absolute Gasteiger partial charge is 0.104 e. The lowest BCUT2D eigenvalue weighted by Crippen LogP contribution is -2.45. The molecular formula is C16H32N4. The third-order valence-electron chi connectivity index (χ3n) is 4.32. The van der Waals surface area contributed by atoms with Gasteiger partial charge in [-0.1, -0.05) is 6.92 Å². The Morgan fingerprint density at radius 3 is 2.50 bits per heavy atom. The maximum atomic E-state index is 9.35. The first-order valence-corrected chi connectivity index (χ1v) is 7.85. The van der Waals surface area contributed by atoms with Crippen LogP contribution in [0.5, 0.6) is 0 Å². The van der Waals surface area contributed by atoms with Gasteiger partial charge in [0.2, 0.25) is 0 Å². The van der Waals surface area contributed by atoms with Gasteiger partial charge in [0, 0.05) is 25.2 Å². The molecule has 0 aromatic heterocycles. The van der Waals surface area contributed by atoms with Crippen molar-refractivity contribution in [2.24, 2.45) is 5.92 Å². The average Bonchev–Trinajstić information content (AvgIpc) is 2.69. The predicted molar refractivity (Wildman–Crippen MR) is 84.6 cm³/mol. The molecule has 1 aliphatic rings. The molecule has 4 heteroatoms. The molecule has 1 aliphatic heterocycles. The van der Waals surface area contributed by atoms with E-state index in [1.54, 1.807) is 0 Å². The van der Waals surface area contributed by atoms with Gasteiger partial charge in [-0.25, -0.2) is 0 Å². The number of nitrogens with one attached hydrogen (secondary N) is 1. The average molecular weight is 280 g/mol. The van der Waals surface area contributed by atoms with Crippen LogP contribution in [0.1, 0.15) is 40.5 Å². The molecule has 1 saturated heterocycles. The topological polar surface area (TPSA) is 42.3 Å². The van der Waals surface area contributed by atoms with E-state index in [0.29, 0.717) is 12.1 Å². The number of nitriles is 1. The van der Waals surface area contributed by atoms with Gasteiger partial charge < -0.3 is 9.80 Å². The quantitative estimate of drug-likeness (QED) is 0.774. The maximum absolute atomic E-state index is 9.35. The standard InChI is InChI=1S/C16H32N4/c1-13(2)18-16(4,12-17)8-7-9-20-10-14(3)15(11-20)19(5)6/h13-15,18H,7-11H2,1-6H3. The first kappa shape index (κ1) is 17.4. The Bertz CT molecular complexity index is 334. The van der Waals surface area contributed by atoms with Gasteiger partial charge in [0.15, 0.2) is 0 Å². The van der Waals surface area contributed by atoms with Gasteiger partial charge in [-0.15, -0.1) is 0 Å². The molecule has 1 N–H and O–H groups in total. The van der Waals surface area contributed by atoms with Gasteiger partial charge in [-0.3, -0.25) is 5.32 Å². The van der Waals surface area contributed by atoms with Crippen molar-refractivity contribution >= 4 is 0 Å². The summed E-state index contributed by atoms with van der Waals surface area (Å²) in [5.74, 6) is 0.737. The lowest BCUT2D eigenvalue weighted by atomic mass is 9.96. The highest BCUT2D eigenvalue weighted by Crippen LogP contribution is 2.21. The molecule has 20 heavy (non-hydrogen) atoms. The molecule has 116 valence electrons. The third kappa shape index (κ3) is 5.05. The van der Waals surface area contributed by atoms with Gasteiger partial charge in [0.25, 0.3) is 0 Å². The summed E-state index contributed by atoms with van der Waals surface area (Å²) in [6, 6.07) is 3.46. The van der Waals surface area contributed by atoms with E-state index in [2.05, 4.69) is 56.1 Å². The zero-order valence-electron chi connectivity index (χ0n) is 14.1. The van der Waals surface area contributed by atoms with Crippen LogP contribution < -0.4 is 5.32 Å².